The molecule has 0 fully saturated rings. The first-order chi connectivity index (χ1) is 6.99. The number of amidine groups is 1. The smallest absolute Gasteiger partial charge is 0.188 e. The Hall–Kier alpha value is -1.50. The van der Waals surface area contributed by atoms with Gasteiger partial charge in [0.1, 0.15) is 0 Å². The van der Waals surface area contributed by atoms with E-state index in [9.17, 15) is 0 Å². The predicted octanol–water partition coefficient (Wildman–Crippen LogP) is -0.786. The van der Waals surface area contributed by atoms with Crippen LogP contribution in [0.1, 0.15) is 12.7 Å². The van der Waals surface area contributed by atoms with Gasteiger partial charge in [-0.25, -0.2) is 0 Å². The Kier molecular flexibility index (Phi) is 3.73. The average molecular weight is 211 g/mol. The number of nitrogens with two attached hydrogens (primary N) is 1. The summed E-state index contributed by atoms with van der Waals surface area (Å²) in [5.41, 5.74) is 5.39. The molecule has 0 aliphatic heterocycles. The maximum absolute atomic E-state index is 7.28. The van der Waals surface area contributed by atoms with Crippen LogP contribution in [0.15, 0.2) is 0 Å². The van der Waals surface area contributed by atoms with Crippen LogP contribution in [0.3, 0.4) is 0 Å². The van der Waals surface area contributed by atoms with Crippen molar-refractivity contribution in [3.05, 3.63) is 5.82 Å². The Morgan fingerprint density at radius 2 is 2.33 bits per heavy atom. The molecule has 0 aliphatic carbocycles. The first-order valence-electron chi connectivity index (χ1n) is 4.74. The lowest BCUT2D eigenvalue weighted by molar-refractivity contribution is 0.298. The Morgan fingerprint density at radius 1 is 1.67 bits per heavy atom. The van der Waals surface area contributed by atoms with Crippen molar-refractivity contribution >= 4 is 5.84 Å². The predicted molar refractivity (Wildman–Crippen MR) is 56.2 cm³/mol. The molecule has 1 unspecified atom stereocenters. The van der Waals surface area contributed by atoms with Crippen molar-refractivity contribution in [3.63, 3.8) is 0 Å². The minimum Gasteiger partial charge on any atom is -0.387 e. The molecule has 7 heteroatoms. The number of aromatic nitrogens is 4. The molecule has 1 rings (SSSR count). The van der Waals surface area contributed by atoms with E-state index < -0.39 is 0 Å². The van der Waals surface area contributed by atoms with Gasteiger partial charge in [-0.15, -0.1) is 10.2 Å². The van der Waals surface area contributed by atoms with Crippen LogP contribution in [-0.2, 0) is 13.6 Å². The van der Waals surface area contributed by atoms with Gasteiger partial charge in [0, 0.05) is 12.5 Å². The van der Waals surface area contributed by atoms with Gasteiger partial charge in [-0.1, -0.05) is 6.92 Å². The fourth-order valence-electron chi connectivity index (χ4n) is 1.26. The molecule has 0 amide bonds. The van der Waals surface area contributed by atoms with Crippen LogP contribution >= 0.6 is 0 Å². The minimum atomic E-state index is 0.0478. The molecule has 0 saturated carbocycles. The summed E-state index contributed by atoms with van der Waals surface area (Å²) in [6.07, 6.45) is 0. The summed E-state index contributed by atoms with van der Waals surface area (Å²) in [7, 11) is 3.67. The lowest BCUT2D eigenvalue weighted by Crippen LogP contribution is -2.32. The van der Waals surface area contributed by atoms with E-state index in [0.717, 1.165) is 0 Å². The quantitative estimate of drug-likeness (QED) is 0.491. The summed E-state index contributed by atoms with van der Waals surface area (Å²) >= 11 is 0. The number of rotatable bonds is 5. The normalized spacial score (nSPS) is 13.1. The second-order valence-electron chi connectivity index (χ2n) is 3.75. The molecule has 15 heavy (non-hydrogen) atoms. The lowest BCUT2D eigenvalue weighted by Gasteiger charge is -2.18. The second-order valence-corrected chi connectivity index (χ2v) is 3.75. The Labute approximate surface area is 88.8 Å². The molecule has 1 aromatic heterocycles. The zero-order chi connectivity index (χ0) is 11.4. The van der Waals surface area contributed by atoms with Crippen LogP contribution < -0.4 is 5.73 Å². The molecule has 0 radical (unpaired) electrons. The number of hydrogen-bond donors (Lipinski definition) is 2. The SMILES string of the molecule is CC(CN(C)Cc1nnn(C)n1)C(=N)N. The van der Waals surface area contributed by atoms with Crippen LogP contribution in [0, 0.1) is 11.3 Å². The standard InChI is InChI=1S/C8H17N7/c1-6(8(9)10)4-14(2)5-7-11-13-15(3)12-7/h6H,4-5H2,1-3H3,(H3,9,10). The van der Waals surface area contributed by atoms with E-state index >= 15 is 0 Å². The first-order valence-corrected chi connectivity index (χ1v) is 4.74. The van der Waals surface area contributed by atoms with Gasteiger partial charge in [-0.3, -0.25) is 10.3 Å². The zero-order valence-corrected chi connectivity index (χ0v) is 9.30. The summed E-state index contributed by atoms with van der Waals surface area (Å²) in [6.45, 7) is 3.25. The molecule has 7 nitrogen and oxygen atoms in total. The van der Waals surface area contributed by atoms with Gasteiger partial charge in [0.25, 0.3) is 0 Å². The number of tetrazole rings is 1. The molecular formula is C8H17N7. The van der Waals surface area contributed by atoms with Crippen LogP contribution in [-0.4, -0.2) is 44.5 Å². The summed E-state index contributed by atoms with van der Waals surface area (Å²) < 4.78 is 0. The number of nitrogens with zero attached hydrogens (tertiary/aromatic N) is 5. The first kappa shape index (κ1) is 11.6. The van der Waals surface area contributed by atoms with E-state index in [-0.39, 0.29) is 11.8 Å². The highest BCUT2D eigenvalue weighted by Crippen LogP contribution is 2.00. The van der Waals surface area contributed by atoms with Gasteiger partial charge in [0.05, 0.1) is 19.4 Å². The van der Waals surface area contributed by atoms with Crippen LogP contribution in [0.4, 0.5) is 0 Å². The molecule has 0 saturated heterocycles. The van der Waals surface area contributed by atoms with Gasteiger partial charge in [0.15, 0.2) is 5.82 Å². The third-order valence-electron chi connectivity index (χ3n) is 2.08. The monoisotopic (exact) mass is 211 g/mol. The molecule has 0 bridgehead atoms. The molecule has 0 aliphatic rings. The van der Waals surface area contributed by atoms with Crippen LogP contribution in [0.5, 0.6) is 0 Å². The maximum Gasteiger partial charge on any atom is 0.188 e. The van der Waals surface area contributed by atoms with Crippen molar-refractivity contribution in [2.45, 2.75) is 13.5 Å². The maximum atomic E-state index is 7.28. The van der Waals surface area contributed by atoms with Crippen molar-refractivity contribution < 1.29 is 0 Å². The minimum absolute atomic E-state index is 0.0478. The molecule has 1 heterocycles. The van der Waals surface area contributed by atoms with Gasteiger partial charge >= 0.3 is 0 Å². The van der Waals surface area contributed by atoms with Crippen molar-refractivity contribution in [1.82, 2.24) is 25.1 Å². The number of hydrogen-bond acceptors (Lipinski definition) is 5. The van der Waals surface area contributed by atoms with Gasteiger partial charge in [-0.2, -0.15) is 4.80 Å². The van der Waals surface area contributed by atoms with E-state index in [0.29, 0.717) is 18.9 Å². The Morgan fingerprint density at radius 3 is 2.80 bits per heavy atom. The largest absolute Gasteiger partial charge is 0.387 e. The van der Waals surface area contributed by atoms with Crippen molar-refractivity contribution in [2.24, 2.45) is 18.7 Å². The Balaban J connectivity index is 2.42. The molecule has 0 spiro atoms. The third-order valence-corrected chi connectivity index (χ3v) is 2.08. The molecule has 84 valence electrons. The molecule has 1 atom stereocenters. The summed E-state index contributed by atoms with van der Waals surface area (Å²) in [6, 6.07) is 0. The third kappa shape index (κ3) is 3.62. The zero-order valence-electron chi connectivity index (χ0n) is 9.30. The van der Waals surface area contributed by atoms with Crippen molar-refractivity contribution in [3.8, 4) is 0 Å². The summed E-state index contributed by atoms with van der Waals surface area (Å²) in [5.74, 6) is 0.927. The lowest BCUT2D eigenvalue weighted by atomic mass is 10.1. The second kappa shape index (κ2) is 4.83. The van der Waals surface area contributed by atoms with E-state index in [4.69, 9.17) is 11.1 Å². The van der Waals surface area contributed by atoms with Crippen molar-refractivity contribution in [1.29, 1.82) is 5.41 Å². The van der Waals surface area contributed by atoms with Gasteiger partial charge in [0.2, 0.25) is 0 Å². The van der Waals surface area contributed by atoms with E-state index in [2.05, 4.69) is 15.4 Å². The molecular weight excluding hydrogens is 194 g/mol. The van der Waals surface area contributed by atoms with Crippen molar-refractivity contribution in [2.75, 3.05) is 13.6 Å². The van der Waals surface area contributed by atoms with E-state index in [1.807, 2.05) is 18.9 Å². The summed E-state index contributed by atoms with van der Waals surface area (Å²) in [4.78, 5) is 3.45. The molecule has 3 N–H and O–H groups in total. The van der Waals surface area contributed by atoms with E-state index in [1.54, 1.807) is 7.05 Å². The highest BCUT2D eigenvalue weighted by Gasteiger charge is 2.11. The average Bonchev–Trinajstić information content (AvgIpc) is 2.50. The number of nitrogens with one attached hydrogen (secondary N) is 1. The fraction of sp³-hybridized carbons (Fsp3) is 0.750. The highest BCUT2D eigenvalue weighted by molar-refractivity contribution is 5.79. The topological polar surface area (TPSA) is 96.7 Å². The van der Waals surface area contributed by atoms with Crippen LogP contribution in [0.25, 0.3) is 0 Å². The van der Waals surface area contributed by atoms with E-state index in [1.165, 1.54) is 4.80 Å². The number of aryl methyl sites for hydroxylation is 1. The van der Waals surface area contributed by atoms with Gasteiger partial charge < -0.3 is 5.73 Å². The Bertz CT molecular complexity index is 331. The fourth-order valence-corrected chi connectivity index (χ4v) is 1.26. The van der Waals surface area contributed by atoms with Crippen LogP contribution in [0.2, 0.25) is 0 Å². The molecule has 1 aromatic rings. The summed E-state index contributed by atoms with van der Waals surface area (Å²) in [5, 5.41) is 19.0. The molecule has 0 aromatic carbocycles. The van der Waals surface area contributed by atoms with Gasteiger partial charge in [-0.05, 0) is 12.3 Å². The highest BCUT2D eigenvalue weighted by atomic mass is 15.6.